The molecule has 1 aromatic heterocycles. The van der Waals surface area contributed by atoms with E-state index in [9.17, 15) is 4.79 Å². The zero-order valence-corrected chi connectivity index (χ0v) is 14.1. The first-order valence-corrected chi connectivity index (χ1v) is 8.85. The molecular weight excluding hydrogens is 310 g/mol. The van der Waals surface area contributed by atoms with Crippen molar-refractivity contribution in [3.05, 3.63) is 34.8 Å². The maximum Gasteiger partial charge on any atom is 0.264 e. The highest BCUT2D eigenvalue weighted by atomic mass is 32.1. The Bertz CT molecular complexity index is 665. The van der Waals surface area contributed by atoms with Crippen molar-refractivity contribution in [1.29, 1.82) is 0 Å². The Hall–Kier alpha value is -1.95. The maximum atomic E-state index is 12.0. The first-order valence-electron chi connectivity index (χ1n) is 8.03. The maximum absolute atomic E-state index is 12.0. The molecule has 0 bridgehead atoms. The van der Waals surface area contributed by atoms with Gasteiger partial charge >= 0.3 is 0 Å². The predicted molar refractivity (Wildman–Crippen MR) is 91.0 cm³/mol. The van der Waals surface area contributed by atoms with Crippen LogP contribution in [0.4, 0.5) is 5.13 Å². The van der Waals surface area contributed by atoms with E-state index in [2.05, 4.69) is 15.5 Å². The topological polar surface area (TPSA) is 64.1 Å². The highest BCUT2D eigenvalue weighted by Crippen LogP contribution is 2.35. The second-order valence-electron chi connectivity index (χ2n) is 5.93. The average molecular weight is 331 g/mol. The molecule has 1 N–H and O–H groups in total. The minimum Gasteiger partial charge on any atom is -0.484 e. The second kappa shape index (κ2) is 7.55. The van der Waals surface area contributed by atoms with Crippen LogP contribution in [0.15, 0.2) is 24.3 Å². The van der Waals surface area contributed by atoms with Gasteiger partial charge in [-0.2, -0.15) is 0 Å². The molecule has 1 amide bonds. The predicted octanol–water partition coefficient (Wildman–Crippen LogP) is 3.91. The Kier molecular flexibility index (Phi) is 5.23. The van der Waals surface area contributed by atoms with Crippen LogP contribution in [0.2, 0.25) is 0 Å². The van der Waals surface area contributed by atoms with E-state index < -0.39 is 0 Å². The molecular formula is C17H21N3O2S. The SMILES string of the molecule is Cc1cccc(OCC(=O)Nc2nnc(C3CCCCC3)s2)c1. The molecule has 1 aliphatic rings. The number of aryl methyl sites for hydroxylation is 1. The van der Waals surface area contributed by atoms with E-state index in [4.69, 9.17) is 4.74 Å². The third-order valence-electron chi connectivity index (χ3n) is 4.00. The monoisotopic (exact) mass is 331 g/mol. The molecule has 2 aromatic rings. The summed E-state index contributed by atoms with van der Waals surface area (Å²) in [6.07, 6.45) is 6.19. The summed E-state index contributed by atoms with van der Waals surface area (Å²) in [7, 11) is 0. The summed E-state index contributed by atoms with van der Waals surface area (Å²) in [5.74, 6) is 0.994. The van der Waals surface area contributed by atoms with Gasteiger partial charge in [-0.25, -0.2) is 0 Å². The van der Waals surface area contributed by atoms with E-state index in [1.54, 1.807) is 0 Å². The van der Waals surface area contributed by atoms with Crippen LogP contribution in [0.3, 0.4) is 0 Å². The van der Waals surface area contributed by atoms with Crippen molar-refractivity contribution < 1.29 is 9.53 Å². The van der Waals surface area contributed by atoms with Crippen molar-refractivity contribution in [2.75, 3.05) is 11.9 Å². The van der Waals surface area contributed by atoms with Crippen LogP contribution in [0.25, 0.3) is 0 Å². The lowest BCUT2D eigenvalue weighted by Crippen LogP contribution is -2.20. The number of carbonyl (C=O) groups is 1. The number of carbonyl (C=O) groups excluding carboxylic acids is 1. The van der Waals surface area contributed by atoms with E-state index in [-0.39, 0.29) is 12.5 Å². The number of benzene rings is 1. The van der Waals surface area contributed by atoms with Gasteiger partial charge in [-0.05, 0) is 37.5 Å². The number of nitrogens with zero attached hydrogens (tertiary/aromatic N) is 2. The molecule has 1 aromatic carbocycles. The van der Waals surface area contributed by atoms with Crippen molar-refractivity contribution in [3.8, 4) is 5.75 Å². The van der Waals surface area contributed by atoms with Crippen LogP contribution in [-0.4, -0.2) is 22.7 Å². The Morgan fingerprint density at radius 3 is 2.91 bits per heavy atom. The molecule has 3 rings (SSSR count). The first-order chi connectivity index (χ1) is 11.2. The molecule has 0 spiro atoms. The molecule has 5 nitrogen and oxygen atoms in total. The smallest absolute Gasteiger partial charge is 0.264 e. The molecule has 0 unspecified atom stereocenters. The molecule has 1 aliphatic carbocycles. The third-order valence-corrected chi connectivity index (χ3v) is 5.00. The van der Waals surface area contributed by atoms with Gasteiger partial charge < -0.3 is 4.74 Å². The van der Waals surface area contributed by atoms with Crippen LogP contribution < -0.4 is 10.1 Å². The zero-order valence-electron chi connectivity index (χ0n) is 13.2. The van der Waals surface area contributed by atoms with Crippen molar-refractivity contribution in [3.63, 3.8) is 0 Å². The summed E-state index contributed by atoms with van der Waals surface area (Å²) < 4.78 is 5.49. The van der Waals surface area contributed by atoms with Crippen LogP contribution in [0.1, 0.15) is 48.6 Å². The summed E-state index contributed by atoms with van der Waals surface area (Å²) in [4.78, 5) is 12.0. The van der Waals surface area contributed by atoms with Gasteiger partial charge in [0.2, 0.25) is 5.13 Å². The van der Waals surface area contributed by atoms with Crippen molar-refractivity contribution in [1.82, 2.24) is 10.2 Å². The Balaban J connectivity index is 1.50. The highest BCUT2D eigenvalue weighted by molar-refractivity contribution is 7.15. The van der Waals surface area contributed by atoms with Crippen LogP contribution in [0, 0.1) is 6.92 Å². The fraction of sp³-hybridized carbons (Fsp3) is 0.471. The number of aromatic nitrogens is 2. The molecule has 0 saturated heterocycles. The molecule has 0 aliphatic heterocycles. The van der Waals surface area contributed by atoms with E-state index in [0.29, 0.717) is 16.8 Å². The van der Waals surface area contributed by atoms with Gasteiger partial charge in [0.15, 0.2) is 6.61 Å². The average Bonchev–Trinajstić information content (AvgIpc) is 3.02. The lowest BCUT2D eigenvalue weighted by atomic mass is 9.90. The number of nitrogens with one attached hydrogen (secondary N) is 1. The number of hydrogen-bond donors (Lipinski definition) is 1. The number of rotatable bonds is 5. The van der Waals surface area contributed by atoms with Gasteiger partial charge in [-0.1, -0.05) is 42.7 Å². The summed E-state index contributed by atoms with van der Waals surface area (Å²) in [6, 6.07) is 7.64. The quantitative estimate of drug-likeness (QED) is 0.902. The van der Waals surface area contributed by atoms with Crippen LogP contribution >= 0.6 is 11.3 Å². The van der Waals surface area contributed by atoms with Crippen molar-refractivity contribution >= 4 is 22.4 Å². The standard InChI is InChI=1S/C17H21N3O2S/c1-12-6-5-9-14(10-12)22-11-15(21)18-17-20-19-16(23-17)13-7-3-2-4-8-13/h5-6,9-10,13H,2-4,7-8,11H2,1H3,(H,18,20,21). The first kappa shape index (κ1) is 15.9. The molecule has 23 heavy (non-hydrogen) atoms. The van der Waals surface area contributed by atoms with E-state index in [0.717, 1.165) is 10.6 Å². The highest BCUT2D eigenvalue weighted by Gasteiger charge is 2.20. The largest absolute Gasteiger partial charge is 0.484 e. The Morgan fingerprint density at radius 2 is 2.13 bits per heavy atom. The van der Waals surface area contributed by atoms with E-state index >= 15 is 0 Å². The number of ether oxygens (including phenoxy) is 1. The third kappa shape index (κ3) is 4.51. The fourth-order valence-corrected chi connectivity index (χ4v) is 3.74. The van der Waals surface area contributed by atoms with Gasteiger partial charge in [0, 0.05) is 5.92 Å². The van der Waals surface area contributed by atoms with Gasteiger partial charge in [0.25, 0.3) is 5.91 Å². The van der Waals surface area contributed by atoms with Crippen molar-refractivity contribution in [2.24, 2.45) is 0 Å². The molecule has 0 atom stereocenters. The summed E-state index contributed by atoms with van der Waals surface area (Å²) in [6.45, 7) is 1.96. The van der Waals surface area contributed by atoms with Crippen LogP contribution in [0.5, 0.6) is 5.75 Å². The normalized spacial score (nSPS) is 15.3. The van der Waals surface area contributed by atoms with Gasteiger partial charge in [-0.3, -0.25) is 10.1 Å². The minimum atomic E-state index is -0.210. The van der Waals surface area contributed by atoms with Crippen molar-refractivity contribution in [2.45, 2.75) is 44.9 Å². The summed E-state index contributed by atoms with van der Waals surface area (Å²) in [5, 5.41) is 12.7. The molecule has 1 saturated carbocycles. The van der Waals surface area contributed by atoms with Crippen LogP contribution in [-0.2, 0) is 4.79 Å². The Morgan fingerprint density at radius 1 is 1.30 bits per heavy atom. The molecule has 1 fully saturated rings. The van der Waals surface area contributed by atoms with E-state index in [1.807, 2.05) is 31.2 Å². The zero-order chi connectivity index (χ0) is 16.1. The fourth-order valence-electron chi connectivity index (χ4n) is 2.81. The van der Waals surface area contributed by atoms with Gasteiger partial charge in [0.05, 0.1) is 0 Å². The molecule has 6 heteroatoms. The molecule has 122 valence electrons. The lowest BCUT2D eigenvalue weighted by molar-refractivity contribution is -0.118. The Labute approximate surface area is 140 Å². The number of hydrogen-bond acceptors (Lipinski definition) is 5. The second-order valence-corrected chi connectivity index (χ2v) is 6.94. The molecule has 1 heterocycles. The number of anilines is 1. The van der Waals surface area contributed by atoms with Gasteiger partial charge in [0.1, 0.15) is 10.8 Å². The summed E-state index contributed by atoms with van der Waals surface area (Å²) >= 11 is 1.48. The summed E-state index contributed by atoms with van der Waals surface area (Å²) in [5.41, 5.74) is 1.10. The van der Waals surface area contributed by atoms with Gasteiger partial charge in [-0.15, -0.1) is 10.2 Å². The van der Waals surface area contributed by atoms with E-state index in [1.165, 1.54) is 43.4 Å². The lowest BCUT2D eigenvalue weighted by Gasteiger charge is -2.18. The minimum absolute atomic E-state index is 0.0260. The molecule has 0 radical (unpaired) electrons. The number of amides is 1.